The van der Waals surface area contributed by atoms with Gasteiger partial charge in [0.25, 0.3) is 0 Å². The fraction of sp³-hybridized carbons (Fsp3) is 0.500. The van der Waals surface area contributed by atoms with Crippen molar-refractivity contribution in [3.05, 3.63) is 33.8 Å². The summed E-state index contributed by atoms with van der Waals surface area (Å²) in [5.41, 5.74) is 1.03. The number of hydrogen-bond donors (Lipinski definition) is 2. The molecule has 0 bridgehead atoms. The zero-order chi connectivity index (χ0) is 13.7. The Morgan fingerprint density at radius 2 is 1.85 bits per heavy atom. The maximum absolute atomic E-state index is 11.5. The van der Waals surface area contributed by atoms with Gasteiger partial charge in [0.1, 0.15) is 0 Å². The topological polar surface area (TPSA) is 41.1 Å². The van der Waals surface area contributed by atoms with E-state index in [1.165, 1.54) is 12.8 Å². The molecule has 6 heteroatoms. The van der Waals surface area contributed by atoms with E-state index in [9.17, 15) is 4.79 Å². The largest absolute Gasteiger partial charge is 0.355 e. The van der Waals surface area contributed by atoms with Crippen molar-refractivity contribution in [3.63, 3.8) is 0 Å². The van der Waals surface area contributed by atoms with Crippen LogP contribution in [0.5, 0.6) is 0 Å². The third kappa shape index (κ3) is 6.80. The van der Waals surface area contributed by atoms with E-state index in [2.05, 4.69) is 10.6 Å². The van der Waals surface area contributed by atoms with Crippen LogP contribution in [0.3, 0.4) is 0 Å². The molecule has 112 valence electrons. The predicted octanol–water partition coefficient (Wildman–Crippen LogP) is 3.07. The maximum Gasteiger partial charge on any atom is 0.233 e. The van der Waals surface area contributed by atoms with Crippen LogP contribution in [0, 0.1) is 5.92 Å². The lowest BCUT2D eigenvalue weighted by molar-refractivity contribution is -0.120. The van der Waals surface area contributed by atoms with Gasteiger partial charge < -0.3 is 10.6 Å². The zero-order valence-corrected chi connectivity index (χ0v) is 13.5. The highest BCUT2D eigenvalue weighted by Crippen LogP contribution is 2.27. The van der Waals surface area contributed by atoms with E-state index in [-0.39, 0.29) is 18.3 Å². The highest BCUT2D eigenvalue weighted by atomic mass is 35.5. The molecule has 1 aromatic rings. The number of benzene rings is 1. The molecule has 1 aromatic carbocycles. The Kier molecular flexibility index (Phi) is 7.67. The monoisotopic (exact) mass is 336 g/mol. The van der Waals surface area contributed by atoms with Gasteiger partial charge in [0.2, 0.25) is 5.91 Å². The van der Waals surface area contributed by atoms with Gasteiger partial charge in [0.15, 0.2) is 0 Å². The summed E-state index contributed by atoms with van der Waals surface area (Å²) in [7, 11) is 0. The van der Waals surface area contributed by atoms with E-state index >= 15 is 0 Å². The summed E-state index contributed by atoms with van der Waals surface area (Å²) >= 11 is 11.8. The van der Waals surface area contributed by atoms with Crippen LogP contribution >= 0.6 is 35.6 Å². The highest BCUT2D eigenvalue weighted by Gasteiger charge is 2.20. The molecule has 1 amide bonds. The summed E-state index contributed by atoms with van der Waals surface area (Å²) in [5.74, 6) is 0.829. The molecule has 0 unspecified atom stereocenters. The third-order valence-electron chi connectivity index (χ3n) is 3.07. The second kappa shape index (κ2) is 8.73. The molecule has 0 saturated heterocycles. The summed E-state index contributed by atoms with van der Waals surface area (Å²) < 4.78 is 0. The molecule has 0 aromatic heterocycles. The summed E-state index contributed by atoms with van der Waals surface area (Å²) in [5, 5.41) is 7.29. The van der Waals surface area contributed by atoms with Gasteiger partial charge in [-0.05, 0) is 55.5 Å². The van der Waals surface area contributed by atoms with Crippen molar-refractivity contribution in [2.75, 3.05) is 19.6 Å². The van der Waals surface area contributed by atoms with E-state index in [1.54, 1.807) is 6.07 Å². The number of carbonyl (C=O) groups excluding carboxylic acids is 1. The van der Waals surface area contributed by atoms with Gasteiger partial charge in [0.05, 0.1) is 6.54 Å². The number of amides is 1. The Morgan fingerprint density at radius 3 is 2.45 bits per heavy atom. The summed E-state index contributed by atoms with van der Waals surface area (Å²) in [6, 6.07) is 5.43. The smallest absolute Gasteiger partial charge is 0.233 e. The van der Waals surface area contributed by atoms with E-state index in [1.807, 2.05) is 12.1 Å². The molecule has 0 heterocycles. The second-order valence-corrected chi connectivity index (χ2v) is 5.82. The van der Waals surface area contributed by atoms with Crippen molar-refractivity contribution in [2.24, 2.45) is 5.92 Å². The molecule has 2 rings (SSSR count). The van der Waals surface area contributed by atoms with Crippen molar-refractivity contribution in [2.45, 2.75) is 19.3 Å². The predicted molar refractivity (Wildman–Crippen MR) is 86.0 cm³/mol. The lowest BCUT2D eigenvalue weighted by atomic mass is 10.1. The van der Waals surface area contributed by atoms with Crippen molar-refractivity contribution < 1.29 is 4.79 Å². The van der Waals surface area contributed by atoms with Crippen molar-refractivity contribution in [1.29, 1.82) is 0 Å². The van der Waals surface area contributed by atoms with Gasteiger partial charge >= 0.3 is 0 Å². The number of nitrogens with one attached hydrogen (secondary N) is 2. The molecule has 1 saturated carbocycles. The Balaban J connectivity index is 0.00000200. The quantitative estimate of drug-likeness (QED) is 0.803. The van der Waals surface area contributed by atoms with Crippen LogP contribution in [-0.2, 0) is 11.2 Å². The van der Waals surface area contributed by atoms with Crippen molar-refractivity contribution in [1.82, 2.24) is 10.6 Å². The molecule has 1 aliphatic carbocycles. The molecular weight excluding hydrogens is 319 g/mol. The molecule has 0 spiro atoms. The van der Waals surface area contributed by atoms with Gasteiger partial charge in [-0.15, -0.1) is 12.4 Å². The molecule has 1 aliphatic rings. The van der Waals surface area contributed by atoms with Crippen LogP contribution in [0.2, 0.25) is 10.0 Å². The summed E-state index contributed by atoms with van der Waals surface area (Å²) in [6.45, 7) is 1.95. The Bertz CT molecular complexity index is 430. The van der Waals surface area contributed by atoms with Gasteiger partial charge in [-0.25, -0.2) is 0 Å². The standard InChI is InChI=1S/C14H18Cl2N2O.ClH/c15-12-5-11(6-13(16)7-12)3-4-18-14(19)9-17-8-10-1-2-10;/h5-7,10,17H,1-4,8-9H2,(H,18,19);1H. The molecule has 0 radical (unpaired) electrons. The minimum absolute atomic E-state index is 0. The van der Waals surface area contributed by atoms with Crippen molar-refractivity contribution >= 4 is 41.5 Å². The number of halogens is 3. The maximum atomic E-state index is 11.5. The first-order valence-corrected chi connectivity index (χ1v) is 7.31. The molecular formula is C14H19Cl3N2O. The van der Waals surface area contributed by atoms with E-state index in [4.69, 9.17) is 23.2 Å². The molecule has 1 fully saturated rings. The number of hydrogen-bond acceptors (Lipinski definition) is 2. The van der Waals surface area contributed by atoms with E-state index in [0.717, 1.165) is 24.4 Å². The van der Waals surface area contributed by atoms with Crippen LogP contribution < -0.4 is 10.6 Å². The van der Waals surface area contributed by atoms with Crippen LogP contribution in [0.25, 0.3) is 0 Å². The van der Waals surface area contributed by atoms with E-state index < -0.39 is 0 Å². The first-order valence-electron chi connectivity index (χ1n) is 6.56. The van der Waals surface area contributed by atoms with Crippen LogP contribution in [0.15, 0.2) is 18.2 Å². The highest BCUT2D eigenvalue weighted by molar-refractivity contribution is 6.34. The molecule has 0 atom stereocenters. The minimum atomic E-state index is 0. The number of carbonyl (C=O) groups is 1. The van der Waals surface area contributed by atoms with Gasteiger partial charge in [0, 0.05) is 16.6 Å². The second-order valence-electron chi connectivity index (χ2n) is 4.95. The SMILES string of the molecule is Cl.O=C(CNCC1CC1)NCCc1cc(Cl)cc(Cl)c1. The zero-order valence-electron chi connectivity index (χ0n) is 11.1. The van der Waals surface area contributed by atoms with Crippen LogP contribution in [0.1, 0.15) is 18.4 Å². The summed E-state index contributed by atoms with van der Waals surface area (Å²) in [4.78, 5) is 11.5. The van der Waals surface area contributed by atoms with E-state index in [0.29, 0.717) is 23.1 Å². The lowest BCUT2D eigenvalue weighted by Gasteiger charge is -2.07. The Morgan fingerprint density at radius 1 is 1.20 bits per heavy atom. The molecule has 0 aliphatic heterocycles. The molecule has 3 nitrogen and oxygen atoms in total. The fourth-order valence-electron chi connectivity index (χ4n) is 1.88. The van der Waals surface area contributed by atoms with Crippen molar-refractivity contribution in [3.8, 4) is 0 Å². The van der Waals surface area contributed by atoms with Crippen LogP contribution in [0.4, 0.5) is 0 Å². The average Bonchev–Trinajstić information content (AvgIpc) is 3.11. The first kappa shape index (κ1) is 17.6. The Labute approximate surface area is 135 Å². The van der Waals surface area contributed by atoms with Crippen LogP contribution in [-0.4, -0.2) is 25.5 Å². The fourth-order valence-corrected chi connectivity index (χ4v) is 2.45. The van der Waals surface area contributed by atoms with Gasteiger partial charge in [-0.1, -0.05) is 23.2 Å². The third-order valence-corrected chi connectivity index (χ3v) is 3.51. The molecule has 20 heavy (non-hydrogen) atoms. The number of rotatable bonds is 7. The molecule has 2 N–H and O–H groups in total. The average molecular weight is 338 g/mol. The van der Waals surface area contributed by atoms with Gasteiger partial charge in [-0.2, -0.15) is 0 Å². The Hall–Kier alpha value is -0.480. The summed E-state index contributed by atoms with van der Waals surface area (Å²) in [6.07, 6.45) is 3.32. The normalized spacial score (nSPS) is 13.7. The minimum Gasteiger partial charge on any atom is -0.355 e. The van der Waals surface area contributed by atoms with Gasteiger partial charge in [-0.3, -0.25) is 4.79 Å². The first-order chi connectivity index (χ1) is 9.13. The lowest BCUT2D eigenvalue weighted by Crippen LogP contribution is -2.35.